The normalized spacial score (nSPS) is 11.6. The number of benzene rings is 1. The highest BCUT2D eigenvalue weighted by Gasteiger charge is 2.25. The average molecular weight is 448 g/mol. The molecule has 4 aromatic rings. The first kappa shape index (κ1) is 21.3. The molecule has 0 aliphatic rings. The molecule has 0 aliphatic carbocycles. The Morgan fingerprint density at radius 2 is 1.88 bits per heavy atom. The lowest BCUT2D eigenvalue weighted by Crippen LogP contribution is -2.13. The number of fused-ring (bicyclic) bond motifs is 1. The molecule has 0 unspecified atom stereocenters. The van der Waals surface area contributed by atoms with Crippen LogP contribution in [-0.4, -0.2) is 33.4 Å². The summed E-state index contributed by atoms with van der Waals surface area (Å²) >= 11 is 0. The Kier molecular flexibility index (Phi) is 5.28. The summed E-state index contributed by atoms with van der Waals surface area (Å²) in [5, 5.41) is 3.58. The molecule has 0 radical (unpaired) electrons. The number of pyridine rings is 1. The van der Waals surface area contributed by atoms with Crippen molar-refractivity contribution in [2.75, 3.05) is 11.1 Å². The number of aryl methyl sites for hydroxylation is 1. The van der Waals surface area contributed by atoms with E-state index in [1.165, 1.54) is 18.6 Å². The molecule has 10 heteroatoms. The van der Waals surface area contributed by atoms with Crippen molar-refractivity contribution in [3.05, 3.63) is 65.9 Å². The minimum absolute atomic E-state index is 0.0715. The zero-order valence-electron chi connectivity index (χ0n) is 17.7. The fourth-order valence-electron chi connectivity index (χ4n) is 3.27. The Hall–Kier alpha value is -3.97. The highest BCUT2D eigenvalue weighted by Crippen LogP contribution is 2.37. The molecular weight excluding hydrogens is 426 g/mol. The average Bonchev–Trinajstić information content (AvgIpc) is 3.13. The number of anilines is 2. The van der Waals surface area contributed by atoms with Crippen molar-refractivity contribution in [1.29, 1.82) is 0 Å². The van der Waals surface area contributed by atoms with Gasteiger partial charge in [0, 0.05) is 29.4 Å². The number of hydrogen-bond donors (Lipinski definition) is 2. The molecule has 0 spiro atoms. The molecule has 9 nitrogen and oxygen atoms in total. The number of rotatable bonds is 5. The topological polar surface area (TPSA) is 120 Å². The minimum Gasteiger partial charge on any atom is -0.397 e. The molecule has 3 N–H and O–H groups in total. The second-order valence-corrected chi connectivity index (χ2v) is 9.45. The zero-order valence-corrected chi connectivity index (χ0v) is 18.6. The van der Waals surface area contributed by atoms with Crippen LogP contribution in [0.4, 0.5) is 17.3 Å². The number of hydrogen-bond acceptors (Lipinski definition) is 7. The summed E-state index contributed by atoms with van der Waals surface area (Å²) in [5.74, 6) is 0.335. The lowest BCUT2D eigenvalue weighted by atomic mass is 10.1. The first-order valence-corrected chi connectivity index (χ1v) is 11.2. The molecule has 0 amide bonds. The van der Waals surface area contributed by atoms with Crippen molar-refractivity contribution in [3.63, 3.8) is 0 Å². The van der Waals surface area contributed by atoms with Crippen molar-refractivity contribution in [1.82, 2.24) is 18.9 Å². The first-order chi connectivity index (χ1) is 15.2. The Balaban J connectivity index is 2.00. The van der Waals surface area contributed by atoms with E-state index in [1.54, 1.807) is 30.3 Å². The molecule has 3 aromatic heterocycles. The van der Waals surface area contributed by atoms with Crippen LogP contribution < -0.4 is 11.1 Å². The molecule has 162 valence electrons. The van der Waals surface area contributed by atoms with Crippen LogP contribution in [0, 0.1) is 13.5 Å². The van der Waals surface area contributed by atoms with E-state index in [0.29, 0.717) is 28.3 Å². The first-order valence-electron chi connectivity index (χ1n) is 9.81. The molecule has 0 aliphatic heterocycles. The van der Waals surface area contributed by atoms with Gasteiger partial charge in [0.05, 0.1) is 29.0 Å². The molecule has 0 saturated carbocycles. The number of aromatic nitrogens is 4. The molecular formula is C22H21N7O2S. The molecule has 0 fully saturated rings. The van der Waals surface area contributed by atoms with Gasteiger partial charge in [-0.15, -0.1) is 0 Å². The van der Waals surface area contributed by atoms with E-state index in [4.69, 9.17) is 12.3 Å². The Morgan fingerprint density at radius 3 is 2.53 bits per heavy atom. The van der Waals surface area contributed by atoms with Gasteiger partial charge in [-0.2, -0.15) is 0 Å². The van der Waals surface area contributed by atoms with Crippen LogP contribution in [0.1, 0.15) is 19.4 Å². The van der Waals surface area contributed by atoms with Gasteiger partial charge in [0.1, 0.15) is 0 Å². The number of nitrogen functional groups attached to an aromatic ring is 1. The smallest absolute Gasteiger partial charge is 0.269 e. The van der Waals surface area contributed by atoms with Gasteiger partial charge in [-0.1, -0.05) is 17.7 Å². The molecule has 0 saturated heterocycles. The van der Waals surface area contributed by atoms with Gasteiger partial charge in [0.2, 0.25) is 11.6 Å². The fourth-order valence-corrected chi connectivity index (χ4v) is 4.60. The third-order valence-electron chi connectivity index (χ3n) is 4.77. The van der Waals surface area contributed by atoms with Gasteiger partial charge >= 0.3 is 0 Å². The van der Waals surface area contributed by atoms with E-state index in [1.807, 2.05) is 20.8 Å². The largest absolute Gasteiger partial charge is 0.397 e. The van der Waals surface area contributed by atoms with E-state index < -0.39 is 10.0 Å². The van der Waals surface area contributed by atoms with E-state index >= 15 is 0 Å². The Morgan fingerprint density at radius 1 is 1.16 bits per heavy atom. The number of nitrogens with zero attached hydrogens (tertiary/aromatic N) is 5. The van der Waals surface area contributed by atoms with Crippen LogP contribution in [0.2, 0.25) is 0 Å². The monoisotopic (exact) mass is 447 g/mol. The maximum Gasteiger partial charge on any atom is 0.269 e. The number of nitrogens with one attached hydrogen (secondary N) is 1. The van der Waals surface area contributed by atoms with Gasteiger partial charge in [0.25, 0.3) is 10.0 Å². The lowest BCUT2D eigenvalue weighted by molar-refractivity contribution is 0.589. The molecule has 4 rings (SSSR count). The van der Waals surface area contributed by atoms with E-state index in [9.17, 15) is 8.42 Å². The predicted molar refractivity (Wildman–Crippen MR) is 124 cm³/mol. The summed E-state index contributed by atoms with van der Waals surface area (Å²) in [6.07, 6.45) is 4.24. The van der Waals surface area contributed by atoms with Crippen LogP contribution in [0.25, 0.3) is 27.1 Å². The Bertz CT molecular complexity index is 1470. The van der Waals surface area contributed by atoms with Gasteiger partial charge < -0.3 is 11.1 Å². The van der Waals surface area contributed by atoms with E-state index in [-0.39, 0.29) is 22.3 Å². The fraction of sp³-hybridized carbons (Fsp3) is 0.182. The molecule has 0 atom stereocenters. The highest BCUT2D eigenvalue weighted by molar-refractivity contribution is 7.90. The van der Waals surface area contributed by atoms with Crippen molar-refractivity contribution < 1.29 is 8.42 Å². The standard InChI is InChI=1S/C22H21N7O2S/c1-13(2)27-22-26-11-19(24-4)20(28-22)18-12-29(21-17(18)9-15(23)10-25-21)32(30,31)16-7-5-14(3)6-8-16/h5-13H,23H2,1-3H3,(H,26,27,28). The third kappa shape index (κ3) is 3.74. The van der Waals surface area contributed by atoms with Gasteiger partial charge in [-0.25, -0.2) is 32.2 Å². The SMILES string of the molecule is [C-]#[N+]c1cnc(NC(C)C)nc1-c1cn(S(=O)(=O)c2ccc(C)cc2)c2ncc(N)cc12. The molecule has 0 bridgehead atoms. The maximum atomic E-state index is 13.4. The minimum atomic E-state index is -3.95. The predicted octanol–water partition coefficient (Wildman–Crippen LogP) is 3.99. The second-order valence-electron chi connectivity index (χ2n) is 7.63. The van der Waals surface area contributed by atoms with Gasteiger partial charge in [-0.05, 0) is 39.0 Å². The second kappa shape index (κ2) is 7.94. The third-order valence-corrected chi connectivity index (χ3v) is 6.44. The summed E-state index contributed by atoms with van der Waals surface area (Å²) in [7, 11) is -3.95. The van der Waals surface area contributed by atoms with Crippen molar-refractivity contribution in [3.8, 4) is 11.3 Å². The quantitative estimate of drug-likeness (QED) is 0.444. The summed E-state index contributed by atoms with van der Waals surface area (Å²) in [6.45, 7) is 13.3. The van der Waals surface area contributed by atoms with Crippen LogP contribution in [0.5, 0.6) is 0 Å². The van der Waals surface area contributed by atoms with Crippen LogP contribution in [0.15, 0.2) is 53.8 Å². The van der Waals surface area contributed by atoms with E-state index in [0.717, 1.165) is 9.54 Å². The van der Waals surface area contributed by atoms with Crippen molar-refractivity contribution >= 4 is 38.4 Å². The highest BCUT2D eigenvalue weighted by atomic mass is 32.2. The molecule has 3 heterocycles. The summed E-state index contributed by atoms with van der Waals surface area (Å²) in [5.41, 5.74) is 8.38. The molecule has 32 heavy (non-hydrogen) atoms. The Labute approximate surface area is 185 Å². The van der Waals surface area contributed by atoms with Gasteiger partial charge in [0.15, 0.2) is 5.65 Å². The van der Waals surface area contributed by atoms with E-state index in [2.05, 4.69) is 25.1 Å². The number of nitrogens with two attached hydrogens (primary N) is 1. The van der Waals surface area contributed by atoms with Crippen molar-refractivity contribution in [2.24, 2.45) is 0 Å². The summed E-state index contributed by atoms with van der Waals surface area (Å²) in [6, 6.07) is 8.26. The van der Waals surface area contributed by atoms with Crippen LogP contribution in [0.3, 0.4) is 0 Å². The van der Waals surface area contributed by atoms with Crippen LogP contribution >= 0.6 is 0 Å². The van der Waals surface area contributed by atoms with Crippen LogP contribution in [-0.2, 0) is 10.0 Å². The molecule has 1 aromatic carbocycles. The summed E-state index contributed by atoms with van der Waals surface area (Å²) in [4.78, 5) is 16.6. The van der Waals surface area contributed by atoms with Gasteiger partial charge in [-0.3, -0.25) is 0 Å². The maximum absolute atomic E-state index is 13.4. The van der Waals surface area contributed by atoms with Crippen molar-refractivity contribution in [2.45, 2.75) is 31.7 Å². The summed E-state index contributed by atoms with van der Waals surface area (Å²) < 4.78 is 28.0. The lowest BCUT2D eigenvalue weighted by Gasteiger charge is -2.10. The zero-order chi connectivity index (χ0) is 23.0.